The average molecular weight is 248 g/mol. The van der Waals surface area contributed by atoms with Gasteiger partial charge in [0, 0.05) is 5.92 Å². The maximum absolute atomic E-state index is 12.3. The summed E-state index contributed by atoms with van der Waals surface area (Å²) in [6.45, 7) is 14.9. The van der Waals surface area contributed by atoms with E-state index in [0.717, 1.165) is 25.7 Å². The summed E-state index contributed by atoms with van der Waals surface area (Å²) in [5, 5.41) is 0. The quantitative estimate of drug-likeness (QED) is 0.630. The van der Waals surface area contributed by atoms with Gasteiger partial charge in [0.05, 0.1) is 0 Å². The third kappa shape index (κ3) is 4.12. The molecule has 1 heteroatoms. The van der Waals surface area contributed by atoms with Gasteiger partial charge < -0.3 is 0 Å². The highest BCUT2D eigenvalue weighted by atomic mass is 16.1. The molecule has 102 valence electrons. The van der Waals surface area contributed by atoms with E-state index in [1.807, 2.05) is 13.0 Å². The molecule has 1 atom stereocenters. The fourth-order valence-corrected chi connectivity index (χ4v) is 3.03. The van der Waals surface area contributed by atoms with Crippen LogP contribution in [0.3, 0.4) is 0 Å². The SMILES string of the molecule is C=C(C)CC[C@@H]1C(=O)C=C(CC(C)C)CC1(C)C. The molecule has 1 rings (SSSR count). The van der Waals surface area contributed by atoms with E-state index in [0.29, 0.717) is 11.7 Å². The molecule has 0 bridgehead atoms. The van der Waals surface area contributed by atoms with E-state index in [1.165, 1.54) is 11.1 Å². The summed E-state index contributed by atoms with van der Waals surface area (Å²) >= 11 is 0. The highest BCUT2D eigenvalue weighted by Crippen LogP contribution is 2.42. The van der Waals surface area contributed by atoms with Gasteiger partial charge in [0.15, 0.2) is 5.78 Å². The number of carbonyl (C=O) groups excluding carboxylic acids is 1. The molecule has 0 saturated carbocycles. The lowest BCUT2D eigenvalue weighted by molar-refractivity contribution is -0.122. The average Bonchev–Trinajstić information content (AvgIpc) is 2.12. The molecule has 0 unspecified atom stereocenters. The van der Waals surface area contributed by atoms with Crippen molar-refractivity contribution in [3.8, 4) is 0 Å². The van der Waals surface area contributed by atoms with Gasteiger partial charge in [0.2, 0.25) is 0 Å². The Balaban J connectivity index is 2.79. The fourth-order valence-electron chi connectivity index (χ4n) is 3.03. The topological polar surface area (TPSA) is 17.1 Å². The summed E-state index contributed by atoms with van der Waals surface area (Å²) < 4.78 is 0. The van der Waals surface area contributed by atoms with Crippen molar-refractivity contribution in [2.75, 3.05) is 0 Å². The first-order valence-electron chi connectivity index (χ1n) is 7.10. The zero-order valence-electron chi connectivity index (χ0n) is 12.7. The van der Waals surface area contributed by atoms with Crippen molar-refractivity contribution in [3.63, 3.8) is 0 Å². The van der Waals surface area contributed by atoms with Crippen molar-refractivity contribution >= 4 is 5.78 Å². The van der Waals surface area contributed by atoms with E-state index in [2.05, 4.69) is 34.3 Å². The van der Waals surface area contributed by atoms with Gasteiger partial charge >= 0.3 is 0 Å². The molecule has 0 heterocycles. The minimum atomic E-state index is 0.103. The predicted octanol–water partition coefficient (Wildman–Crippen LogP) is 4.93. The van der Waals surface area contributed by atoms with Crippen LogP contribution in [-0.2, 0) is 4.79 Å². The maximum atomic E-state index is 12.3. The lowest BCUT2D eigenvalue weighted by Gasteiger charge is -2.38. The Morgan fingerprint density at radius 3 is 2.56 bits per heavy atom. The molecule has 0 N–H and O–H groups in total. The first kappa shape index (κ1) is 15.2. The normalized spacial score (nSPS) is 23.1. The number of allylic oxidation sites excluding steroid dienone is 3. The molecule has 0 saturated heterocycles. The first-order valence-corrected chi connectivity index (χ1v) is 7.10. The van der Waals surface area contributed by atoms with Crippen LogP contribution >= 0.6 is 0 Å². The molecule has 1 nitrogen and oxygen atoms in total. The Morgan fingerprint density at radius 1 is 1.50 bits per heavy atom. The highest BCUT2D eigenvalue weighted by Gasteiger charge is 2.37. The minimum Gasteiger partial charge on any atom is -0.295 e. The zero-order chi connectivity index (χ0) is 13.9. The summed E-state index contributed by atoms with van der Waals surface area (Å²) in [5.41, 5.74) is 2.62. The Hall–Kier alpha value is -0.850. The van der Waals surface area contributed by atoms with Crippen LogP contribution in [0.4, 0.5) is 0 Å². The number of hydrogen-bond donors (Lipinski definition) is 0. The van der Waals surface area contributed by atoms with Gasteiger partial charge in [-0.15, -0.1) is 6.58 Å². The molecule has 0 aromatic heterocycles. The van der Waals surface area contributed by atoms with E-state index >= 15 is 0 Å². The Labute approximate surface area is 112 Å². The van der Waals surface area contributed by atoms with Crippen molar-refractivity contribution < 1.29 is 4.79 Å². The molecule has 0 fully saturated rings. The van der Waals surface area contributed by atoms with Crippen LogP contribution in [0.25, 0.3) is 0 Å². The molecule has 0 radical (unpaired) electrons. The second-order valence-corrected chi connectivity index (χ2v) is 7.02. The van der Waals surface area contributed by atoms with Gasteiger partial charge in [0.1, 0.15) is 0 Å². The maximum Gasteiger partial charge on any atom is 0.159 e. The van der Waals surface area contributed by atoms with Crippen LogP contribution in [0, 0.1) is 17.3 Å². The number of hydrogen-bond acceptors (Lipinski definition) is 1. The standard InChI is InChI=1S/C17H28O/c1-12(2)7-8-15-16(18)10-14(9-13(3)4)11-17(15,5)6/h10,13,15H,1,7-9,11H2,2-6H3/t15-/m1/s1. The summed E-state index contributed by atoms with van der Waals surface area (Å²) in [6, 6.07) is 0. The summed E-state index contributed by atoms with van der Waals surface area (Å²) in [6.07, 6.45) is 5.97. The van der Waals surface area contributed by atoms with E-state index in [9.17, 15) is 4.79 Å². The van der Waals surface area contributed by atoms with Crippen LogP contribution in [-0.4, -0.2) is 5.78 Å². The van der Waals surface area contributed by atoms with Gasteiger partial charge in [-0.3, -0.25) is 4.79 Å². The molecule has 0 aromatic carbocycles. The molecule has 1 aliphatic rings. The van der Waals surface area contributed by atoms with Crippen LogP contribution in [0.1, 0.15) is 60.3 Å². The number of carbonyl (C=O) groups is 1. The van der Waals surface area contributed by atoms with Crippen molar-refractivity contribution in [2.45, 2.75) is 60.3 Å². The predicted molar refractivity (Wildman–Crippen MR) is 78.5 cm³/mol. The first-order chi connectivity index (χ1) is 8.22. The van der Waals surface area contributed by atoms with Gasteiger partial charge in [-0.2, -0.15) is 0 Å². The van der Waals surface area contributed by atoms with Crippen LogP contribution in [0.2, 0.25) is 0 Å². The number of ketones is 1. The fraction of sp³-hybridized carbons (Fsp3) is 0.706. The molecule has 18 heavy (non-hydrogen) atoms. The molecule has 0 aliphatic heterocycles. The molecule has 0 spiro atoms. The van der Waals surface area contributed by atoms with E-state index in [4.69, 9.17) is 0 Å². The molecular formula is C17H28O. The molecular weight excluding hydrogens is 220 g/mol. The van der Waals surface area contributed by atoms with Crippen molar-refractivity contribution in [1.29, 1.82) is 0 Å². The second kappa shape index (κ2) is 5.86. The van der Waals surface area contributed by atoms with Gasteiger partial charge in [-0.1, -0.05) is 38.8 Å². The van der Waals surface area contributed by atoms with Gasteiger partial charge in [-0.25, -0.2) is 0 Å². The molecule has 0 aromatic rings. The van der Waals surface area contributed by atoms with Crippen LogP contribution in [0.15, 0.2) is 23.8 Å². The summed E-state index contributed by atoms with van der Waals surface area (Å²) in [5.74, 6) is 1.14. The zero-order valence-corrected chi connectivity index (χ0v) is 12.7. The monoisotopic (exact) mass is 248 g/mol. The van der Waals surface area contributed by atoms with Gasteiger partial charge in [0.25, 0.3) is 0 Å². The minimum absolute atomic E-state index is 0.103. The largest absolute Gasteiger partial charge is 0.295 e. The highest BCUT2D eigenvalue weighted by molar-refractivity contribution is 5.94. The lowest BCUT2D eigenvalue weighted by Crippen LogP contribution is -2.34. The summed E-state index contributed by atoms with van der Waals surface area (Å²) in [7, 11) is 0. The second-order valence-electron chi connectivity index (χ2n) is 7.02. The van der Waals surface area contributed by atoms with Crippen molar-refractivity contribution in [3.05, 3.63) is 23.8 Å². The van der Waals surface area contributed by atoms with Crippen molar-refractivity contribution in [2.24, 2.45) is 17.3 Å². The molecule has 1 aliphatic carbocycles. The lowest BCUT2D eigenvalue weighted by atomic mass is 9.66. The smallest absolute Gasteiger partial charge is 0.159 e. The summed E-state index contributed by atoms with van der Waals surface area (Å²) in [4.78, 5) is 12.3. The molecule has 0 amide bonds. The van der Waals surface area contributed by atoms with Gasteiger partial charge in [-0.05, 0) is 50.0 Å². The van der Waals surface area contributed by atoms with E-state index in [-0.39, 0.29) is 11.3 Å². The Morgan fingerprint density at radius 2 is 2.11 bits per heavy atom. The Bertz CT molecular complexity index is 358. The van der Waals surface area contributed by atoms with Crippen LogP contribution in [0.5, 0.6) is 0 Å². The Kier molecular flexibility index (Phi) is 4.95. The third-order valence-electron chi connectivity index (χ3n) is 3.85. The van der Waals surface area contributed by atoms with E-state index < -0.39 is 0 Å². The van der Waals surface area contributed by atoms with Crippen molar-refractivity contribution in [1.82, 2.24) is 0 Å². The third-order valence-corrected chi connectivity index (χ3v) is 3.85. The number of rotatable bonds is 5. The van der Waals surface area contributed by atoms with Crippen LogP contribution < -0.4 is 0 Å². The van der Waals surface area contributed by atoms with E-state index in [1.54, 1.807) is 0 Å².